The van der Waals surface area contributed by atoms with Crippen molar-refractivity contribution in [1.29, 1.82) is 0 Å². The number of benzene rings is 2. The zero-order valence-electron chi connectivity index (χ0n) is 16.3. The molecule has 2 aromatic carbocycles. The van der Waals surface area contributed by atoms with Crippen molar-refractivity contribution in [3.05, 3.63) is 83.7 Å². The first kappa shape index (κ1) is 19.3. The second-order valence-electron chi connectivity index (χ2n) is 7.98. The third-order valence-corrected chi connectivity index (χ3v) is 4.82. The molecule has 0 aliphatic carbocycles. The maximum atomic E-state index is 14.3. The Balaban J connectivity index is 2.12. The van der Waals surface area contributed by atoms with Crippen molar-refractivity contribution in [3.63, 3.8) is 0 Å². The third kappa shape index (κ3) is 4.28. The van der Waals surface area contributed by atoms with Crippen LogP contribution in [-0.2, 0) is 6.54 Å². The quantitative estimate of drug-likeness (QED) is 0.603. The van der Waals surface area contributed by atoms with Crippen molar-refractivity contribution in [2.45, 2.75) is 33.4 Å². The molecule has 1 aromatic heterocycles. The van der Waals surface area contributed by atoms with Crippen molar-refractivity contribution < 1.29 is 8.78 Å². The van der Waals surface area contributed by atoms with Gasteiger partial charge >= 0.3 is 0 Å². The number of hydrogen-bond donors (Lipinski definition) is 1. The van der Waals surface area contributed by atoms with E-state index >= 15 is 0 Å². The first-order valence-corrected chi connectivity index (χ1v) is 9.16. The van der Waals surface area contributed by atoms with Crippen LogP contribution in [0.2, 0.25) is 0 Å². The second kappa shape index (κ2) is 7.65. The molecule has 1 unspecified atom stereocenters. The number of halogens is 2. The average Bonchev–Trinajstić information content (AvgIpc) is 3.00. The summed E-state index contributed by atoms with van der Waals surface area (Å²) in [5.41, 5.74) is 3.13. The van der Waals surface area contributed by atoms with Crippen molar-refractivity contribution in [3.8, 4) is 11.1 Å². The van der Waals surface area contributed by atoms with Crippen LogP contribution in [0.5, 0.6) is 0 Å². The summed E-state index contributed by atoms with van der Waals surface area (Å²) < 4.78 is 30.2. The molecule has 3 aromatic rings. The van der Waals surface area contributed by atoms with Crippen LogP contribution < -0.4 is 5.32 Å². The van der Waals surface area contributed by atoms with Gasteiger partial charge in [0.05, 0.1) is 6.04 Å². The van der Waals surface area contributed by atoms with Crippen molar-refractivity contribution in [1.82, 2.24) is 9.88 Å². The largest absolute Gasteiger partial charge is 0.345 e. The zero-order chi connectivity index (χ0) is 19.6. The smallest absolute Gasteiger partial charge is 0.131 e. The Hall–Kier alpha value is -2.46. The maximum absolute atomic E-state index is 14.3. The van der Waals surface area contributed by atoms with Gasteiger partial charge in [0, 0.05) is 29.6 Å². The first-order chi connectivity index (χ1) is 12.8. The lowest BCUT2D eigenvalue weighted by atomic mass is 9.84. The van der Waals surface area contributed by atoms with Crippen LogP contribution in [0.15, 0.2) is 60.8 Å². The molecule has 0 aliphatic rings. The lowest BCUT2D eigenvalue weighted by Gasteiger charge is -2.31. The molecule has 1 N–H and O–H groups in total. The summed E-state index contributed by atoms with van der Waals surface area (Å²) >= 11 is 0. The zero-order valence-corrected chi connectivity index (χ0v) is 16.3. The summed E-state index contributed by atoms with van der Waals surface area (Å²) in [6.07, 6.45) is 1.91. The van der Waals surface area contributed by atoms with E-state index in [0.717, 1.165) is 17.3 Å². The molecular formula is C23H26F2N2. The van der Waals surface area contributed by atoms with Crippen molar-refractivity contribution in [2.24, 2.45) is 5.41 Å². The molecule has 1 atom stereocenters. The molecule has 0 fully saturated rings. The van der Waals surface area contributed by atoms with E-state index in [4.69, 9.17) is 0 Å². The number of nitrogens with one attached hydrogen (secondary N) is 1. The molecule has 142 valence electrons. The molecule has 2 nitrogen and oxygen atoms in total. The van der Waals surface area contributed by atoms with E-state index in [1.54, 1.807) is 0 Å². The van der Waals surface area contributed by atoms with Gasteiger partial charge in [-0.15, -0.1) is 0 Å². The molecule has 0 saturated carbocycles. The van der Waals surface area contributed by atoms with Gasteiger partial charge in [0.25, 0.3) is 0 Å². The summed E-state index contributed by atoms with van der Waals surface area (Å²) in [6, 6.07) is 15.7. The minimum atomic E-state index is -0.440. The minimum absolute atomic E-state index is 0.0424. The highest BCUT2D eigenvalue weighted by Crippen LogP contribution is 2.36. The van der Waals surface area contributed by atoms with Gasteiger partial charge in [-0.3, -0.25) is 0 Å². The van der Waals surface area contributed by atoms with Crippen molar-refractivity contribution >= 4 is 0 Å². The Morgan fingerprint density at radius 3 is 2.33 bits per heavy atom. The highest BCUT2D eigenvalue weighted by Gasteiger charge is 2.28. The fraction of sp³-hybridized carbons (Fsp3) is 0.304. The Morgan fingerprint density at radius 1 is 1.00 bits per heavy atom. The van der Waals surface area contributed by atoms with E-state index < -0.39 is 11.6 Å². The van der Waals surface area contributed by atoms with Crippen molar-refractivity contribution in [2.75, 3.05) is 7.05 Å². The minimum Gasteiger partial charge on any atom is -0.345 e. The first-order valence-electron chi connectivity index (χ1n) is 9.16. The van der Waals surface area contributed by atoms with E-state index in [9.17, 15) is 8.78 Å². The predicted molar refractivity (Wildman–Crippen MR) is 107 cm³/mol. The fourth-order valence-corrected chi connectivity index (χ4v) is 3.58. The summed E-state index contributed by atoms with van der Waals surface area (Å²) in [7, 11) is 1.93. The van der Waals surface area contributed by atoms with Crippen LogP contribution in [0.3, 0.4) is 0 Å². The molecule has 0 saturated heterocycles. The third-order valence-electron chi connectivity index (χ3n) is 4.82. The van der Waals surface area contributed by atoms with Crippen LogP contribution in [0.4, 0.5) is 8.78 Å². The van der Waals surface area contributed by atoms with Gasteiger partial charge in [-0.1, -0.05) is 51.1 Å². The molecule has 0 spiro atoms. The summed E-state index contributed by atoms with van der Waals surface area (Å²) in [5, 5.41) is 3.39. The topological polar surface area (TPSA) is 17.0 Å². The number of rotatable bonds is 5. The molecule has 4 heteroatoms. The lowest BCUT2D eigenvalue weighted by Crippen LogP contribution is -2.31. The molecule has 3 rings (SSSR count). The molecule has 0 bridgehead atoms. The molecule has 0 aliphatic heterocycles. The Morgan fingerprint density at radius 2 is 1.70 bits per heavy atom. The van der Waals surface area contributed by atoms with Crippen LogP contribution in [0.25, 0.3) is 11.1 Å². The Labute approximate surface area is 159 Å². The fourth-order valence-electron chi connectivity index (χ4n) is 3.58. The van der Waals surface area contributed by atoms with Gasteiger partial charge < -0.3 is 9.88 Å². The Bertz CT molecular complexity index is 908. The molecular weight excluding hydrogens is 342 g/mol. The maximum Gasteiger partial charge on any atom is 0.131 e. The van der Waals surface area contributed by atoms with Gasteiger partial charge in [-0.2, -0.15) is 0 Å². The Kier molecular flexibility index (Phi) is 5.47. The number of nitrogens with zero attached hydrogens (tertiary/aromatic N) is 1. The molecule has 1 heterocycles. The van der Waals surface area contributed by atoms with E-state index in [1.165, 1.54) is 12.1 Å². The summed E-state index contributed by atoms with van der Waals surface area (Å²) in [4.78, 5) is 0. The predicted octanol–water partition coefficient (Wildman–Crippen LogP) is 5.79. The van der Waals surface area contributed by atoms with E-state index in [-0.39, 0.29) is 17.0 Å². The highest BCUT2D eigenvalue weighted by molar-refractivity contribution is 5.65. The van der Waals surface area contributed by atoms with E-state index in [1.807, 2.05) is 37.5 Å². The standard InChI is InChI=1S/C23H26F2N2/c1-23(2,3)22(26-4)21-12-17(19-13-18(24)10-11-20(19)25)15-27(21)14-16-8-6-5-7-9-16/h5-13,15,22,26H,14H2,1-4H3. The summed E-state index contributed by atoms with van der Waals surface area (Å²) in [5.74, 6) is -0.860. The SMILES string of the molecule is CNC(c1cc(-c2cc(F)ccc2F)cn1Cc1ccccc1)C(C)(C)C. The highest BCUT2D eigenvalue weighted by atomic mass is 19.1. The lowest BCUT2D eigenvalue weighted by molar-refractivity contribution is 0.276. The monoisotopic (exact) mass is 368 g/mol. The van der Waals surface area contributed by atoms with E-state index in [2.05, 4.69) is 42.8 Å². The average molecular weight is 368 g/mol. The second-order valence-corrected chi connectivity index (χ2v) is 7.98. The van der Waals surface area contributed by atoms with Gasteiger partial charge in [0.2, 0.25) is 0 Å². The van der Waals surface area contributed by atoms with Crippen LogP contribution in [-0.4, -0.2) is 11.6 Å². The van der Waals surface area contributed by atoms with E-state index in [0.29, 0.717) is 12.1 Å². The van der Waals surface area contributed by atoms with Gasteiger partial charge in [0.1, 0.15) is 11.6 Å². The molecule has 0 amide bonds. The van der Waals surface area contributed by atoms with Gasteiger partial charge in [-0.05, 0) is 42.3 Å². The normalized spacial score (nSPS) is 13.0. The number of aromatic nitrogens is 1. The summed E-state index contributed by atoms with van der Waals surface area (Å²) in [6.45, 7) is 7.16. The van der Waals surface area contributed by atoms with Gasteiger partial charge in [0.15, 0.2) is 0 Å². The van der Waals surface area contributed by atoms with Crippen LogP contribution >= 0.6 is 0 Å². The molecule has 0 radical (unpaired) electrons. The van der Waals surface area contributed by atoms with Gasteiger partial charge in [-0.25, -0.2) is 8.78 Å². The van der Waals surface area contributed by atoms with Crippen LogP contribution in [0.1, 0.15) is 38.1 Å². The molecule has 27 heavy (non-hydrogen) atoms. The van der Waals surface area contributed by atoms with Crippen LogP contribution in [0, 0.1) is 17.0 Å². The number of hydrogen-bond acceptors (Lipinski definition) is 1.